The molecule has 2 aromatic rings. The van der Waals surface area contributed by atoms with E-state index in [1.165, 1.54) is 0 Å². The minimum atomic E-state index is -0.741. The molecule has 2 heterocycles. The average Bonchev–Trinajstić information content (AvgIpc) is 2.92. The number of imidazole rings is 1. The summed E-state index contributed by atoms with van der Waals surface area (Å²) < 4.78 is 0. The number of hydrogen-bond acceptors (Lipinski definition) is 3. The third kappa shape index (κ3) is 1.28. The van der Waals surface area contributed by atoms with Gasteiger partial charge >= 0.3 is 5.97 Å². The van der Waals surface area contributed by atoms with Crippen molar-refractivity contribution in [3.05, 3.63) is 23.7 Å². The smallest absolute Gasteiger partial charge is 0.307 e. The van der Waals surface area contributed by atoms with Crippen molar-refractivity contribution in [2.75, 3.05) is 0 Å². The van der Waals surface area contributed by atoms with Crippen LogP contribution >= 0.6 is 0 Å². The average molecular weight is 217 g/mol. The molecule has 2 unspecified atom stereocenters. The molecular formula is C11H11N3O2. The molecule has 0 aliphatic heterocycles. The highest BCUT2D eigenvalue weighted by Crippen LogP contribution is 2.46. The lowest BCUT2D eigenvalue weighted by molar-refractivity contribution is -0.138. The number of aromatic amines is 1. The van der Waals surface area contributed by atoms with E-state index in [9.17, 15) is 4.79 Å². The Morgan fingerprint density at radius 2 is 2.44 bits per heavy atom. The Labute approximate surface area is 91.5 Å². The van der Waals surface area contributed by atoms with E-state index in [1.807, 2.05) is 13.0 Å². The molecule has 0 saturated heterocycles. The number of hydrogen-bond donors (Lipinski definition) is 2. The van der Waals surface area contributed by atoms with Gasteiger partial charge in [0.2, 0.25) is 0 Å². The van der Waals surface area contributed by atoms with Gasteiger partial charge < -0.3 is 10.1 Å². The maximum Gasteiger partial charge on any atom is 0.307 e. The number of nitrogens with one attached hydrogen (secondary N) is 1. The second kappa shape index (κ2) is 3.04. The number of fused-ring (bicyclic) bond motifs is 1. The minimum Gasteiger partial charge on any atom is -0.481 e. The van der Waals surface area contributed by atoms with Gasteiger partial charge in [0.05, 0.1) is 11.4 Å². The van der Waals surface area contributed by atoms with Crippen molar-refractivity contribution in [1.29, 1.82) is 0 Å². The second-order valence-corrected chi connectivity index (χ2v) is 4.24. The number of carbonyl (C=O) groups is 1. The number of nitrogens with zero attached hydrogens (tertiary/aromatic N) is 2. The molecule has 5 nitrogen and oxygen atoms in total. The van der Waals surface area contributed by atoms with Crippen molar-refractivity contribution in [2.24, 2.45) is 5.92 Å². The van der Waals surface area contributed by atoms with Gasteiger partial charge in [-0.1, -0.05) is 0 Å². The van der Waals surface area contributed by atoms with Crippen LogP contribution in [-0.2, 0) is 4.79 Å². The topological polar surface area (TPSA) is 78.9 Å². The zero-order valence-electron chi connectivity index (χ0n) is 8.77. The van der Waals surface area contributed by atoms with E-state index in [4.69, 9.17) is 5.11 Å². The summed E-state index contributed by atoms with van der Waals surface area (Å²) in [6.07, 6.45) is 2.39. The largest absolute Gasteiger partial charge is 0.481 e. The first-order valence-electron chi connectivity index (χ1n) is 5.21. The van der Waals surface area contributed by atoms with Gasteiger partial charge in [-0.05, 0) is 25.0 Å². The molecule has 0 aromatic carbocycles. The summed E-state index contributed by atoms with van der Waals surface area (Å²) in [5, 5.41) is 8.86. The number of aryl methyl sites for hydroxylation is 1. The first-order valence-corrected chi connectivity index (χ1v) is 5.21. The van der Waals surface area contributed by atoms with Gasteiger partial charge in [-0.15, -0.1) is 0 Å². The van der Waals surface area contributed by atoms with Gasteiger partial charge in [0, 0.05) is 12.1 Å². The molecule has 0 radical (unpaired) electrons. The Morgan fingerprint density at radius 3 is 3.06 bits per heavy atom. The molecule has 1 aliphatic rings. The molecule has 1 fully saturated rings. The molecule has 0 bridgehead atoms. The standard InChI is InChI=1S/C11H11N3O2/c1-5-2-3-12-10-8(5)13-9(14-10)6-4-7(6)11(15)16/h2-3,6-7H,4H2,1H3,(H,15,16)(H,12,13,14). The van der Waals surface area contributed by atoms with Crippen LogP contribution in [0.15, 0.2) is 12.3 Å². The first kappa shape index (κ1) is 9.33. The highest BCUT2D eigenvalue weighted by Gasteiger charge is 2.46. The predicted molar refractivity (Wildman–Crippen MR) is 57.1 cm³/mol. The van der Waals surface area contributed by atoms with Gasteiger partial charge in [0.15, 0.2) is 5.65 Å². The summed E-state index contributed by atoms with van der Waals surface area (Å²) in [5.74, 6) is -0.230. The normalized spacial score (nSPS) is 23.6. The van der Waals surface area contributed by atoms with E-state index in [0.29, 0.717) is 12.1 Å². The summed E-state index contributed by atoms with van der Waals surface area (Å²) in [4.78, 5) is 22.4. The predicted octanol–water partition coefficient (Wildman–Crippen LogP) is 1.45. The summed E-state index contributed by atoms with van der Waals surface area (Å²) in [5.41, 5.74) is 2.66. The van der Waals surface area contributed by atoms with Crippen LogP contribution in [0.4, 0.5) is 0 Å². The highest BCUT2D eigenvalue weighted by atomic mass is 16.4. The van der Waals surface area contributed by atoms with Crippen LogP contribution < -0.4 is 0 Å². The van der Waals surface area contributed by atoms with Crippen LogP contribution in [0.5, 0.6) is 0 Å². The van der Waals surface area contributed by atoms with Crippen molar-refractivity contribution in [1.82, 2.24) is 15.0 Å². The molecule has 5 heteroatoms. The fourth-order valence-electron chi connectivity index (χ4n) is 2.00. The van der Waals surface area contributed by atoms with Crippen LogP contribution in [0, 0.1) is 12.8 Å². The fourth-order valence-corrected chi connectivity index (χ4v) is 2.00. The molecule has 1 aliphatic carbocycles. The van der Waals surface area contributed by atoms with Gasteiger partial charge in [-0.2, -0.15) is 0 Å². The monoisotopic (exact) mass is 217 g/mol. The Balaban J connectivity index is 2.01. The zero-order valence-corrected chi connectivity index (χ0v) is 8.77. The third-order valence-corrected chi connectivity index (χ3v) is 3.08. The minimum absolute atomic E-state index is 0.0334. The SMILES string of the molecule is Cc1ccnc2nc(C3CC3C(=O)O)[nH]c12. The van der Waals surface area contributed by atoms with E-state index in [0.717, 1.165) is 16.9 Å². The van der Waals surface area contributed by atoms with E-state index in [2.05, 4.69) is 15.0 Å². The van der Waals surface area contributed by atoms with E-state index >= 15 is 0 Å². The van der Waals surface area contributed by atoms with Crippen molar-refractivity contribution in [3.63, 3.8) is 0 Å². The molecular weight excluding hydrogens is 206 g/mol. The molecule has 1 saturated carbocycles. The maximum absolute atomic E-state index is 10.8. The van der Waals surface area contributed by atoms with E-state index in [-0.39, 0.29) is 11.8 Å². The Kier molecular flexibility index (Phi) is 1.77. The first-order chi connectivity index (χ1) is 7.66. The second-order valence-electron chi connectivity index (χ2n) is 4.24. The summed E-state index contributed by atoms with van der Waals surface area (Å²) >= 11 is 0. The maximum atomic E-state index is 10.8. The van der Waals surface area contributed by atoms with Crippen molar-refractivity contribution >= 4 is 17.1 Å². The number of aromatic nitrogens is 3. The van der Waals surface area contributed by atoms with Crippen molar-refractivity contribution in [3.8, 4) is 0 Å². The molecule has 0 amide bonds. The van der Waals surface area contributed by atoms with Crippen LogP contribution in [-0.4, -0.2) is 26.0 Å². The lowest BCUT2D eigenvalue weighted by atomic mass is 10.3. The fraction of sp³-hybridized carbons (Fsp3) is 0.364. The van der Waals surface area contributed by atoms with Gasteiger partial charge in [-0.25, -0.2) is 9.97 Å². The zero-order chi connectivity index (χ0) is 11.3. The van der Waals surface area contributed by atoms with Crippen LogP contribution in [0.2, 0.25) is 0 Å². The van der Waals surface area contributed by atoms with Gasteiger partial charge in [-0.3, -0.25) is 4.79 Å². The van der Waals surface area contributed by atoms with Gasteiger partial charge in [0.1, 0.15) is 5.82 Å². The lowest BCUT2D eigenvalue weighted by Crippen LogP contribution is -1.99. The van der Waals surface area contributed by atoms with Gasteiger partial charge in [0.25, 0.3) is 0 Å². The highest BCUT2D eigenvalue weighted by molar-refractivity contribution is 5.77. The molecule has 3 rings (SSSR count). The third-order valence-electron chi connectivity index (χ3n) is 3.08. The van der Waals surface area contributed by atoms with Crippen LogP contribution in [0.25, 0.3) is 11.2 Å². The van der Waals surface area contributed by atoms with E-state index < -0.39 is 5.97 Å². The summed E-state index contributed by atoms with van der Waals surface area (Å²) in [6, 6.07) is 1.91. The molecule has 2 atom stereocenters. The number of aliphatic carboxylic acids is 1. The number of H-pyrrole nitrogens is 1. The molecule has 16 heavy (non-hydrogen) atoms. The Morgan fingerprint density at radius 1 is 1.62 bits per heavy atom. The van der Waals surface area contributed by atoms with Crippen molar-refractivity contribution < 1.29 is 9.90 Å². The van der Waals surface area contributed by atoms with Crippen LogP contribution in [0.3, 0.4) is 0 Å². The number of pyridine rings is 1. The van der Waals surface area contributed by atoms with Crippen molar-refractivity contribution in [2.45, 2.75) is 19.3 Å². The Bertz CT molecular complexity index is 576. The Hall–Kier alpha value is -1.91. The number of carboxylic acid groups (broad SMARTS) is 1. The summed E-state index contributed by atoms with van der Waals surface area (Å²) in [6.45, 7) is 1.98. The lowest BCUT2D eigenvalue weighted by Gasteiger charge is -1.91. The van der Waals surface area contributed by atoms with Crippen LogP contribution in [0.1, 0.15) is 23.7 Å². The van der Waals surface area contributed by atoms with E-state index in [1.54, 1.807) is 6.20 Å². The quantitative estimate of drug-likeness (QED) is 0.798. The molecule has 2 N–H and O–H groups in total. The molecule has 2 aromatic heterocycles. The number of rotatable bonds is 2. The molecule has 82 valence electrons. The summed E-state index contributed by atoms with van der Waals surface area (Å²) in [7, 11) is 0. The molecule has 0 spiro atoms. The number of carboxylic acids is 1.